The normalized spacial score (nSPS) is 30.0. The zero-order chi connectivity index (χ0) is 26.0. The van der Waals surface area contributed by atoms with Crippen molar-refractivity contribution in [1.29, 1.82) is 0 Å². The number of likely N-dealkylation sites (tertiary alicyclic amines) is 1. The zero-order valence-electron chi connectivity index (χ0n) is 19.9. The first-order chi connectivity index (χ1) is 17.4. The molecule has 2 aliphatic heterocycles. The summed E-state index contributed by atoms with van der Waals surface area (Å²) >= 11 is 6.28. The number of carbonyl (C=O) groups excluding carboxylic acids is 1. The Morgan fingerprint density at radius 1 is 1.08 bits per heavy atom. The Kier molecular flexibility index (Phi) is 4.80. The van der Waals surface area contributed by atoms with Gasteiger partial charge in [-0.15, -0.1) is 10.2 Å². The Morgan fingerprint density at radius 2 is 1.78 bits per heavy atom. The lowest BCUT2D eigenvalue weighted by molar-refractivity contribution is -0.300. The van der Waals surface area contributed by atoms with E-state index in [0.717, 1.165) is 29.9 Å². The third-order valence-corrected chi connectivity index (χ3v) is 9.32. The number of hydrogen-bond acceptors (Lipinski definition) is 5. The number of aromatic nitrogens is 3. The van der Waals surface area contributed by atoms with Gasteiger partial charge < -0.3 is 10.0 Å². The van der Waals surface area contributed by atoms with Crippen molar-refractivity contribution in [1.82, 2.24) is 24.6 Å². The fraction of sp³-hybridized carbons (Fsp3) is 0.640. The molecule has 1 aromatic carbocycles. The monoisotopic (exact) mass is 539 g/mol. The molecule has 12 heteroatoms. The number of benzene rings is 1. The van der Waals surface area contributed by atoms with E-state index < -0.39 is 23.5 Å². The lowest BCUT2D eigenvalue weighted by atomic mass is 9.57. The molecule has 0 atom stereocenters. The maximum atomic E-state index is 14.2. The minimum Gasteiger partial charge on any atom is -0.380 e. The van der Waals surface area contributed by atoms with E-state index in [-0.39, 0.29) is 30.1 Å². The van der Waals surface area contributed by atoms with Crippen molar-refractivity contribution >= 4 is 17.5 Å². The molecular weight excluding hydrogens is 514 g/mol. The van der Waals surface area contributed by atoms with Crippen LogP contribution in [0.5, 0.6) is 0 Å². The van der Waals surface area contributed by atoms with Crippen LogP contribution in [0.2, 0.25) is 5.02 Å². The van der Waals surface area contributed by atoms with Gasteiger partial charge in [-0.3, -0.25) is 14.3 Å². The fourth-order valence-corrected chi connectivity index (χ4v) is 6.92. The Balaban J connectivity index is 1.12. The van der Waals surface area contributed by atoms with E-state index in [4.69, 9.17) is 11.6 Å². The summed E-state index contributed by atoms with van der Waals surface area (Å²) in [5.41, 5.74) is -2.58. The maximum Gasteiger partial charge on any atom is 0.417 e. The van der Waals surface area contributed by atoms with E-state index in [2.05, 4.69) is 10.2 Å². The molecule has 7 nitrogen and oxygen atoms in total. The van der Waals surface area contributed by atoms with Crippen LogP contribution in [0, 0.1) is 5.41 Å². The third kappa shape index (κ3) is 3.56. The molecule has 1 aromatic heterocycles. The quantitative estimate of drug-likeness (QED) is 0.599. The van der Waals surface area contributed by atoms with Gasteiger partial charge in [0.15, 0.2) is 17.1 Å². The van der Waals surface area contributed by atoms with Gasteiger partial charge in [-0.25, -0.2) is 4.39 Å². The van der Waals surface area contributed by atoms with Crippen molar-refractivity contribution in [3.05, 3.63) is 40.4 Å². The summed E-state index contributed by atoms with van der Waals surface area (Å²) in [6.07, 6.45) is -3.14. The van der Waals surface area contributed by atoms with Crippen LogP contribution < -0.4 is 0 Å². The Hall–Kier alpha value is -2.24. The minimum atomic E-state index is -4.66. The van der Waals surface area contributed by atoms with Crippen molar-refractivity contribution in [3.8, 4) is 5.69 Å². The van der Waals surface area contributed by atoms with E-state index >= 15 is 0 Å². The summed E-state index contributed by atoms with van der Waals surface area (Å²) in [5.74, 6) is 1.17. The Labute approximate surface area is 215 Å². The lowest BCUT2D eigenvalue weighted by Crippen LogP contribution is -2.64. The van der Waals surface area contributed by atoms with Crippen LogP contribution in [0.1, 0.15) is 61.7 Å². The summed E-state index contributed by atoms with van der Waals surface area (Å²) < 4.78 is 55.9. The molecule has 0 radical (unpaired) electrons. The second-order valence-electron chi connectivity index (χ2n) is 11.8. The standard InChI is InChI=1S/C25H26ClF4N5O2/c26-16-1-2-18-14(5-16)10-33(17-8-24(37,9-17)25(28,29)30)11-19-31-32-20(35(18)19)15-6-22(7-15)12-34(13-22)21(36)23(27)3-4-23/h1-2,5,15,17,37H,3-4,6-13H2. The van der Waals surface area contributed by atoms with Crippen LogP contribution in [0.15, 0.2) is 18.2 Å². The molecule has 0 unspecified atom stereocenters. The highest BCUT2D eigenvalue weighted by Gasteiger charge is 2.63. The first-order valence-corrected chi connectivity index (χ1v) is 13.0. The predicted molar refractivity (Wildman–Crippen MR) is 124 cm³/mol. The highest BCUT2D eigenvalue weighted by atomic mass is 35.5. The van der Waals surface area contributed by atoms with E-state index in [1.807, 2.05) is 21.6 Å². The Morgan fingerprint density at radius 3 is 2.43 bits per heavy atom. The van der Waals surface area contributed by atoms with E-state index in [0.29, 0.717) is 49.9 Å². The third-order valence-electron chi connectivity index (χ3n) is 9.08. The maximum absolute atomic E-state index is 14.2. The molecule has 3 saturated carbocycles. The SMILES string of the molecule is O=C(N1CC2(CC(c3nnc4n3-c3ccc(Cl)cc3CN(C3CC(O)(C(F)(F)F)C3)C4)C2)C1)C1(F)CC1. The van der Waals surface area contributed by atoms with Gasteiger partial charge in [0.2, 0.25) is 0 Å². The van der Waals surface area contributed by atoms with Gasteiger partial charge in [-0.2, -0.15) is 13.2 Å². The van der Waals surface area contributed by atoms with Crippen molar-refractivity contribution < 1.29 is 27.5 Å². The van der Waals surface area contributed by atoms with Gasteiger partial charge in [0.25, 0.3) is 5.91 Å². The summed E-state index contributed by atoms with van der Waals surface area (Å²) in [7, 11) is 0. The predicted octanol–water partition coefficient (Wildman–Crippen LogP) is 3.90. The molecule has 198 valence electrons. The molecule has 1 saturated heterocycles. The highest BCUT2D eigenvalue weighted by Crippen LogP contribution is 2.57. The van der Waals surface area contributed by atoms with Crippen molar-refractivity contribution in [2.75, 3.05) is 13.1 Å². The first-order valence-electron chi connectivity index (χ1n) is 12.6. The van der Waals surface area contributed by atoms with Crippen LogP contribution in [0.4, 0.5) is 17.6 Å². The molecule has 1 amide bonds. The van der Waals surface area contributed by atoms with Gasteiger partial charge >= 0.3 is 6.18 Å². The van der Waals surface area contributed by atoms with E-state index in [9.17, 15) is 27.5 Å². The molecule has 1 N–H and O–H groups in total. The van der Waals surface area contributed by atoms with Gasteiger partial charge in [-0.1, -0.05) is 11.6 Å². The number of nitrogens with zero attached hydrogens (tertiary/aromatic N) is 5. The molecule has 5 aliphatic rings. The van der Waals surface area contributed by atoms with E-state index in [1.54, 1.807) is 11.0 Å². The molecule has 3 heterocycles. The van der Waals surface area contributed by atoms with Crippen LogP contribution >= 0.6 is 11.6 Å². The van der Waals surface area contributed by atoms with Crippen molar-refractivity contribution in [2.24, 2.45) is 5.41 Å². The molecule has 7 rings (SSSR count). The van der Waals surface area contributed by atoms with Gasteiger partial charge in [0.05, 0.1) is 12.2 Å². The smallest absolute Gasteiger partial charge is 0.380 e. The highest BCUT2D eigenvalue weighted by molar-refractivity contribution is 6.30. The Bertz CT molecular complexity index is 1290. The molecule has 1 spiro atoms. The largest absolute Gasteiger partial charge is 0.417 e. The number of halogens is 5. The molecule has 37 heavy (non-hydrogen) atoms. The molecule has 4 fully saturated rings. The second kappa shape index (κ2) is 7.45. The van der Waals surface area contributed by atoms with Gasteiger partial charge in [0, 0.05) is 54.9 Å². The average molecular weight is 540 g/mol. The number of amides is 1. The number of rotatable bonds is 3. The topological polar surface area (TPSA) is 74.5 Å². The first kappa shape index (κ1) is 23.8. The van der Waals surface area contributed by atoms with Crippen molar-refractivity contribution in [3.63, 3.8) is 0 Å². The number of fused-ring (bicyclic) bond motifs is 3. The summed E-state index contributed by atoms with van der Waals surface area (Å²) in [6, 6.07) is 5.04. The van der Waals surface area contributed by atoms with Crippen LogP contribution in [0.3, 0.4) is 0 Å². The van der Waals surface area contributed by atoms with Gasteiger partial charge in [0.1, 0.15) is 5.82 Å². The van der Waals surface area contributed by atoms with Crippen molar-refractivity contribution in [2.45, 2.75) is 81.0 Å². The minimum absolute atomic E-state index is 0.00839. The van der Waals surface area contributed by atoms with Crippen LogP contribution in [0.25, 0.3) is 5.69 Å². The number of hydrogen-bond donors (Lipinski definition) is 1. The average Bonchev–Trinajstić information content (AvgIpc) is 3.41. The molecule has 2 aromatic rings. The molecular formula is C25H26ClF4N5O2. The lowest BCUT2D eigenvalue weighted by Gasteiger charge is -2.59. The molecule has 3 aliphatic carbocycles. The molecule has 0 bridgehead atoms. The zero-order valence-corrected chi connectivity index (χ0v) is 20.7. The van der Waals surface area contributed by atoms with Crippen LogP contribution in [-0.2, 0) is 17.9 Å². The van der Waals surface area contributed by atoms with Crippen LogP contribution in [-0.4, -0.2) is 72.2 Å². The summed E-state index contributed by atoms with van der Waals surface area (Å²) in [5, 5.41) is 19.5. The number of carbonyl (C=O) groups is 1. The second-order valence-corrected chi connectivity index (χ2v) is 12.2. The fourth-order valence-electron chi connectivity index (χ4n) is 6.72. The number of alkyl halides is 4. The van der Waals surface area contributed by atoms with Gasteiger partial charge in [-0.05, 0) is 49.4 Å². The number of aliphatic hydroxyl groups is 1. The summed E-state index contributed by atoms with van der Waals surface area (Å²) in [6.45, 7) is 1.82. The van der Waals surface area contributed by atoms with E-state index in [1.165, 1.54) is 0 Å². The summed E-state index contributed by atoms with van der Waals surface area (Å²) in [4.78, 5) is 15.8.